The van der Waals surface area contributed by atoms with Crippen LogP contribution < -0.4 is 9.64 Å². The smallest absolute Gasteiger partial charge is 0.303 e. The van der Waals surface area contributed by atoms with Gasteiger partial charge in [-0.3, -0.25) is 4.79 Å². The first kappa shape index (κ1) is 18.5. The van der Waals surface area contributed by atoms with Gasteiger partial charge in [0.2, 0.25) is 5.28 Å². The number of carbonyl (C=O) groups is 1. The van der Waals surface area contributed by atoms with E-state index in [9.17, 15) is 4.79 Å². The minimum absolute atomic E-state index is 0.130. The van der Waals surface area contributed by atoms with Crippen LogP contribution in [0, 0.1) is 0 Å². The number of aliphatic carboxylic acids is 1. The number of hydrogen-bond acceptors (Lipinski definition) is 5. The topological polar surface area (TPSA) is 75.5 Å². The number of fused-ring (bicyclic) bond motifs is 1. The lowest BCUT2D eigenvalue weighted by atomic mass is 9.98. The Bertz CT molecular complexity index is 784. The molecule has 7 heteroatoms. The summed E-state index contributed by atoms with van der Waals surface area (Å²) in [5.74, 6) is 1.02. The number of hydrogen-bond donors (Lipinski definition) is 1. The normalized spacial score (nSPS) is 15.5. The van der Waals surface area contributed by atoms with Crippen molar-refractivity contribution in [1.29, 1.82) is 0 Å². The Morgan fingerprint density at radius 3 is 3.04 bits per heavy atom. The molecule has 2 aromatic rings. The minimum atomic E-state index is -0.739. The number of carboxylic acid groups (broad SMARTS) is 1. The van der Waals surface area contributed by atoms with E-state index in [1.165, 1.54) is 5.56 Å². The number of aryl methyl sites for hydroxylation is 1. The molecule has 3 rings (SSSR count). The van der Waals surface area contributed by atoms with Crippen molar-refractivity contribution in [2.24, 2.45) is 0 Å². The molecule has 0 bridgehead atoms. The summed E-state index contributed by atoms with van der Waals surface area (Å²) in [6, 6.07) is 7.82. The molecular formula is C19H22ClN3O3. The van der Waals surface area contributed by atoms with E-state index in [1.54, 1.807) is 6.20 Å². The maximum absolute atomic E-state index is 10.9. The average Bonchev–Trinajstić information content (AvgIpc) is 3.00. The fourth-order valence-corrected chi connectivity index (χ4v) is 3.48. The Hall–Kier alpha value is -2.34. The molecule has 26 heavy (non-hydrogen) atoms. The summed E-state index contributed by atoms with van der Waals surface area (Å²) in [7, 11) is 1.96. The molecule has 1 N–H and O–H groups in total. The van der Waals surface area contributed by atoms with E-state index >= 15 is 0 Å². The van der Waals surface area contributed by atoms with E-state index in [0.717, 1.165) is 42.9 Å². The van der Waals surface area contributed by atoms with Crippen LogP contribution in [0.3, 0.4) is 0 Å². The van der Waals surface area contributed by atoms with Gasteiger partial charge in [0.1, 0.15) is 11.6 Å². The SMILES string of the molecule is CN(CCCOc1ccc2c(c1)CC[C@H]2CC(=O)O)c1ccnc(Cl)n1. The van der Waals surface area contributed by atoms with Gasteiger partial charge in [0.25, 0.3) is 0 Å². The van der Waals surface area contributed by atoms with Crippen LogP contribution in [-0.4, -0.2) is 41.2 Å². The van der Waals surface area contributed by atoms with Gasteiger partial charge in [-0.15, -0.1) is 0 Å². The molecule has 0 aliphatic heterocycles. The third-order valence-corrected chi connectivity index (χ3v) is 4.83. The van der Waals surface area contributed by atoms with Gasteiger partial charge in [0.05, 0.1) is 13.0 Å². The van der Waals surface area contributed by atoms with Crippen LogP contribution >= 0.6 is 11.6 Å². The number of ether oxygens (including phenoxy) is 1. The Morgan fingerprint density at radius 2 is 2.27 bits per heavy atom. The van der Waals surface area contributed by atoms with E-state index in [1.807, 2.05) is 36.2 Å². The lowest BCUT2D eigenvalue weighted by Crippen LogP contribution is -2.21. The van der Waals surface area contributed by atoms with E-state index in [4.69, 9.17) is 21.4 Å². The van der Waals surface area contributed by atoms with E-state index in [-0.39, 0.29) is 17.6 Å². The standard InChI is InChI=1S/C19H22ClN3O3/c1-23(17-7-8-21-19(20)22-17)9-2-10-26-15-5-6-16-13(11-15)3-4-14(16)12-18(24)25/h5-8,11,14H,2-4,9-10,12H2,1H3,(H,24,25)/t14-/m0/s1. The zero-order valence-electron chi connectivity index (χ0n) is 14.7. The molecule has 1 aliphatic carbocycles. The van der Waals surface area contributed by atoms with Gasteiger partial charge in [-0.2, -0.15) is 0 Å². The molecule has 0 fully saturated rings. The number of aromatic nitrogens is 2. The predicted molar refractivity (Wildman–Crippen MR) is 100 cm³/mol. The van der Waals surface area contributed by atoms with Gasteiger partial charge in [0, 0.05) is 19.8 Å². The molecule has 138 valence electrons. The Morgan fingerprint density at radius 1 is 1.42 bits per heavy atom. The summed E-state index contributed by atoms with van der Waals surface area (Å²) >= 11 is 5.81. The lowest BCUT2D eigenvalue weighted by Gasteiger charge is -2.18. The third-order valence-electron chi connectivity index (χ3n) is 4.65. The summed E-state index contributed by atoms with van der Waals surface area (Å²) in [5.41, 5.74) is 2.36. The monoisotopic (exact) mass is 375 g/mol. The van der Waals surface area contributed by atoms with Gasteiger partial charge in [0.15, 0.2) is 0 Å². The van der Waals surface area contributed by atoms with Crippen LogP contribution in [0.15, 0.2) is 30.5 Å². The molecule has 0 amide bonds. The van der Waals surface area contributed by atoms with Crippen molar-refractivity contribution in [1.82, 2.24) is 9.97 Å². The molecule has 0 radical (unpaired) electrons. The number of nitrogens with zero attached hydrogens (tertiary/aromatic N) is 3. The first-order valence-electron chi connectivity index (χ1n) is 8.70. The maximum Gasteiger partial charge on any atom is 0.303 e. The number of rotatable bonds is 8. The molecule has 6 nitrogen and oxygen atoms in total. The third kappa shape index (κ3) is 4.64. The van der Waals surface area contributed by atoms with Crippen molar-refractivity contribution >= 4 is 23.4 Å². The van der Waals surface area contributed by atoms with Gasteiger partial charge in [-0.05, 0) is 66.1 Å². The first-order chi connectivity index (χ1) is 12.5. The van der Waals surface area contributed by atoms with E-state index in [0.29, 0.717) is 6.61 Å². The molecule has 1 aromatic carbocycles. The summed E-state index contributed by atoms with van der Waals surface area (Å²) in [6.07, 6.45) is 4.50. The van der Waals surface area contributed by atoms with Crippen molar-refractivity contribution in [3.05, 3.63) is 46.9 Å². The van der Waals surface area contributed by atoms with Gasteiger partial charge < -0.3 is 14.7 Å². The number of anilines is 1. The van der Waals surface area contributed by atoms with Gasteiger partial charge in [-0.25, -0.2) is 9.97 Å². The van der Waals surface area contributed by atoms with Crippen LogP contribution in [0.25, 0.3) is 0 Å². The van der Waals surface area contributed by atoms with E-state index < -0.39 is 5.97 Å². The van der Waals surface area contributed by atoms with Crippen LogP contribution in [0.5, 0.6) is 5.75 Å². The second-order valence-electron chi connectivity index (χ2n) is 6.50. The highest BCUT2D eigenvalue weighted by Crippen LogP contribution is 2.37. The van der Waals surface area contributed by atoms with Crippen LogP contribution in [0.4, 0.5) is 5.82 Å². The van der Waals surface area contributed by atoms with Crippen LogP contribution in [0.1, 0.15) is 36.3 Å². The highest BCUT2D eigenvalue weighted by Gasteiger charge is 2.24. The minimum Gasteiger partial charge on any atom is -0.494 e. The molecule has 0 spiro atoms. The highest BCUT2D eigenvalue weighted by atomic mass is 35.5. The second kappa shape index (κ2) is 8.36. The number of halogens is 1. The summed E-state index contributed by atoms with van der Waals surface area (Å²) in [4.78, 5) is 21.0. The van der Waals surface area contributed by atoms with Crippen LogP contribution in [0.2, 0.25) is 5.28 Å². The van der Waals surface area contributed by atoms with Crippen molar-refractivity contribution in [3.63, 3.8) is 0 Å². The van der Waals surface area contributed by atoms with Crippen molar-refractivity contribution in [2.45, 2.75) is 31.6 Å². The maximum atomic E-state index is 10.9. The largest absolute Gasteiger partial charge is 0.494 e. The molecule has 1 aromatic heterocycles. The van der Waals surface area contributed by atoms with Crippen molar-refractivity contribution in [2.75, 3.05) is 25.1 Å². The first-order valence-corrected chi connectivity index (χ1v) is 9.08. The van der Waals surface area contributed by atoms with Crippen molar-refractivity contribution in [3.8, 4) is 5.75 Å². The molecule has 1 heterocycles. The Kier molecular flexibility index (Phi) is 5.93. The van der Waals surface area contributed by atoms with Gasteiger partial charge >= 0.3 is 5.97 Å². The number of carboxylic acids is 1. The Labute approximate surface area is 157 Å². The fourth-order valence-electron chi connectivity index (χ4n) is 3.34. The van der Waals surface area contributed by atoms with Crippen molar-refractivity contribution < 1.29 is 14.6 Å². The number of benzene rings is 1. The second-order valence-corrected chi connectivity index (χ2v) is 6.84. The zero-order chi connectivity index (χ0) is 18.5. The average molecular weight is 376 g/mol. The van der Waals surface area contributed by atoms with Crippen LogP contribution in [-0.2, 0) is 11.2 Å². The van der Waals surface area contributed by atoms with Gasteiger partial charge in [-0.1, -0.05) is 6.07 Å². The molecule has 0 saturated carbocycles. The molecule has 0 saturated heterocycles. The molecular weight excluding hydrogens is 354 g/mol. The Balaban J connectivity index is 1.48. The summed E-state index contributed by atoms with van der Waals surface area (Å²) in [6.45, 7) is 1.39. The summed E-state index contributed by atoms with van der Waals surface area (Å²) < 4.78 is 5.86. The lowest BCUT2D eigenvalue weighted by molar-refractivity contribution is -0.137. The fraction of sp³-hybridized carbons (Fsp3) is 0.421. The molecule has 0 unspecified atom stereocenters. The summed E-state index contributed by atoms with van der Waals surface area (Å²) in [5, 5.41) is 9.24. The molecule has 1 atom stereocenters. The van der Waals surface area contributed by atoms with E-state index in [2.05, 4.69) is 9.97 Å². The highest BCUT2D eigenvalue weighted by molar-refractivity contribution is 6.28. The zero-order valence-corrected chi connectivity index (χ0v) is 15.4. The molecule has 1 aliphatic rings. The quantitative estimate of drug-likeness (QED) is 0.561. The predicted octanol–water partition coefficient (Wildman–Crippen LogP) is 3.54.